The largest absolute Gasteiger partial charge is 0.413 e. The lowest BCUT2D eigenvalue weighted by Crippen LogP contribution is -2.66. The molecular weight excluding hydrogens is 282 g/mol. The minimum absolute atomic E-state index is 0.0298. The molecule has 1 rings (SSSR count). The highest BCUT2D eigenvalue weighted by atomic mass is 32.2. The predicted molar refractivity (Wildman–Crippen MR) is 78.0 cm³/mol. The zero-order valence-corrected chi connectivity index (χ0v) is 14.6. The SMILES string of the molecule is C[C@@H](O[Si](C)(C)C(C)(C)C)[C@@H]1C(=O)N[C@@H]1S(C)(=O)=O. The first-order valence-corrected chi connectivity index (χ1v) is 11.3. The van der Waals surface area contributed by atoms with Gasteiger partial charge in [-0.3, -0.25) is 4.79 Å². The molecule has 1 heterocycles. The number of carbonyl (C=O) groups is 1. The average Bonchev–Trinajstić information content (AvgIpc) is 2.08. The van der Waals surface area contributed by atoms with Crippen LogP contribution in [0.2, 0.25) is 18.1 Å². The molecule has 1 aliphatic rings. The molecule has 1 N–H and O–H groups in total. The van der Waals surface area contributed by atoms with Crippen LogP contribution in [0, 0.1) is 5.92 Å². The molecule has 3 atom stereocenters. The van der Waals surface area contributed by atoms with E-state index in [9.17, 15) is 13.2 Å². The number of carbonyl (C=O) groups excluding carboxylic acids is 1. The van der Waals surface area contributed by atoms with Crippen molar-refractivity contribution < 1.29 is 17.6 Å². The molecule has 112 valence electrons. The standard InChI is InChI=1S/C12H25NO4SSi/c1-8(17-19(6,7)12(2,3)4)9-10(14)13-11(9)18(5,15)16/h8-9,11H,1-7H3,(H,13,14)/t8-,9-,11-/m1/s1. The fourth-order valence-corrected chi connectivity index (χ4v) is 4.55. The molecule has 1 saturated heterocycles. The van der Waals surface area contributed by atoms with Gasteiger partial charge in [0, 0.05) is 6.26 Å². The second kappa shape index (κ2) is 4.86. The van der Waals surface area contributed by atoms with E-state index < -0.39 is 29.4 Å². The maximum absolute atomic E-state index is 11.6. The predicted octanol–water partition coefficient (Wildman–Crippen LogP) is 1.51. The molecule has 0 bridgehead atoms. The Hall–Kier alpha value is -0.403. The molecule has 0 radical (unpaired) electrons. The number of hydrogen-bond acceptors (Lipinski definition) is 4. The third kappa shape index (κ3) is 3.38. The van der Waals surface area contributed by atoms with E-state index in [4.69, 9.17) is 4.43 Å². The van der Waals surface area contributed by atoms with Gasteiger partial charge in [0.1, 0.15) is 5.37 Å². The Morgan fingerprint density at radius 2 is 1.79 bits per heavy atom. The summed E-state index contributed by atoms with van der Waals surface area (Å²) < 4.78 is 29.3. The quantitative estimate of drug-likeness (QED) is 0.631. The maximum atomic E-state index is 11.6. The molecule has 0 aromatic heterocycles. The van der Waals surface area contributed by atoms with Crippen LogP contribution in [0.15, 0.2) is 0 Å². The highest BCUT2D eigenvalue weighted by Gasteiger charge is 2.51. The molecule has 0 saturated carbocycles. The zero-order valence-electron chi connectivity index (χ0n) is 12.8. The molecule has 0 spiro atoms. The van der Waals surface area contributed by atoms with Crippen LogP contribution in [0.4, 0.5) is 0 Å². The van der Waals surface area contributed by atoms with Crippen molar-refractivity contribution in [3.05, 3.63) is 0 Å². The molecule has 19 heavy (non-hydrogen) atoms. The maximum Gasteiger partial charge on any atom is 0.229 e. The Labute approximate surface area is 117 Å². The molecular formula is C12H25NO4SSi. The number of nitrogens with one attached hydrogen (secondary N) is 1. The molecule has 7 heteroatoms. The summed E-state index contributed by atoms with van der Waals surface area (Å²) >= 11 is 0. The normalized spacial score (nSPS) is 26.6. The average molecular weight is 307 g/mol. The van der Waals surface area contributed by atoms with Crippen molar-refractivity contribution in [2.45, 2.75) is 57.3 Å². The van der Waals surface area contributed by atoms with Gasteiger partial charge in [0.2, 0.25) is 5.91 Å². The van der Waals surface area contributed by atoms with Crippen LogP contribution >= 0.6 is 0 Å². The van der Waals surface area contributed by atoms with E-state index in [-0.39, 0.29) is 17.0 Å². The van der Waals surface area contributed by atoms with Gasteiger partial charge in [0.05, 0.1) is 12.0 Å². The first kappa shape index (κ1) is 16.7. The number of sulfone groups is 1. The fraction of sp³-hybridized carbons (Fsp3) is 0.917. The van der Waals surface area contributed by atoms with Crippen LogP contribution in [-0.2, 0) is 19.1 Å². The molecule has 5 nitrogen and oxygen atoms in total. The summed E-state index contributed by atoms with van der Waals surface area (Å²) in [6.45, 7) is 12.3. The number of rotatable bonds is 4. The van der Waals surface area contributed by atoms with Gasteiger partial charge in [-0.1, -0.05) is 20.8 Å². The van der Waals surface area contributed by atoms with Crippen molar-refractivity contribution in [3.63, 3.8) is 0 Å². The molecule has 0 aromatic rings. The lowest BCUT2D eigenvalue weighted by molar-refractivity contribution is -0.136. The Kier molecular flexibility index (Phi) is 4.25. The van der Waals surface area contributed by atoms with Gasteiger partial charge >= 0.3 is 0 Å². The second-order valence-electron chi connectivity index (χ2n) is 6.87. The van der Waals surface area contributed by atoms with E-state index in [2.05, 4.69) is 39.2 Å². The first-order valence-electron chi connectivity index (χ1n) is 6.44. The Morgan fingerprint density at radius 3 is 2.11 bits per heavy atom. The van der Waals surface area contributed by atoms with Gasteiger partial charge in [-0.15, -0.1) is 0 Å². The Bertz CT molecular complexity index is 467. The monoisotopic (exact) mass is 307 g/mol. The van der Waals surface area contributed by atoms with Crippen LogP contribution < -0.4 is 5.32 Å². The number of hydrogen-bond donors (Lipinski definition) is 1. The summed E-state index contributed by atoms with van der Waals surface area (Å²) in [4.78, 5) is 11.6. The fourth-order valence-electron chi connectivity index (χ4n) is 1.91. The molecule has 1 amide bonds. The summed E-state index contributed by atoms with van der Waals surface area (Å²) in [6, 6.07) is 0. The molecule has 0 unspecified atom stereocenters. The van der Waals surface area contributed by atoms with E-state index >= 15 is 0 Å². The van der Waals surface area contributed by atoms with Crippen molar-refractivity contribution >= 4 is 24.1 Å². The van der Waals surface area contributed by atoms with Crippen molar-refractivity contribution in [1.82, 2.24) is 5.32 Å². The first-order chi connectivity index (χ1) is 8.27. The third-order valence-electron chi connectivity index (χ3n) is 4.17. The van der Waals surface area contributed by atoms with Crippen molar-refractivity contribution in [2.75, 3.05) is 6.26 Å². The van der Waals surface area contributed by atoms with Crippen LogP contribution in [0.5, 0.6) is 0 Å². The van der Waals surface area contributed by atoms with Crippen LogP contribution in [0.1, 0.15) is 27.7 Å². The van der Waals surface area contributed by atoms with Gasteiger partial charge in [0.25, 0.3) is 0 Å². The lowest BCUT2D eigenvalue weighted by Gasteiger charge is -2.44. The molecule has 0 aliphatic carbocycles. The minimum Gasteiger partial charge on any atom is -0.413 e. The molecule has 1 fully saturated rings. The van der Waals surface area contributed by atoms with E-state index in [0.717, 1.165) is 6.26 Å². The van der Waals surface area contributed by atoms with Crippen LogP contribution in [0.3, 0.4) is 0 Å². The van der Waals surface area contributed by atoms with Gasteiger partial charge in [-0.2, -0.15) is 0 Å². The summed E-state index contributed by atoms with van der Waals surface area (Å²) in [5.74, 6) is -0.828. The van der Waals surface area contributed by atoms with Crippen LogP contribution in [-0.4, -0.2) is 40.4 Å². The van der Waals surface area contributed by atoms with Crippen molar-refractivity contribution in [2.24, 2.45) is 5.92 Å². The summed E-state index contributed by atoms with van der Waals surface area (Å²) in [5, 5.41) is 1.67. The minimum atomic E-state index is -3.28. The van der Waals surface area contributed by atoms with Gasteiger partial charge in [0.15, 0.2) is 18.2 Å². The highest BCUT2D eigenvalue weighted by Crippen LogP contribution is 2.39. The van der Waals surface area contributed by atoms with Gasteiger partial charge in [-0.25, -0.2) is 8.42 Å². The highest BCUT2D eigenvalue weighted by molar-refractivity contribution is 7.91. The summed E-state index contributed by atoms with van der Waals surface area (Å²) in [6.07, 6.45) is 0.762. The third-order valence-corrected chi connectivity index (χ3v) is 10.1. The topological polar surface area (TPSA) is 72.5 Å². The van der Waals surface area contributed by atoms with E-state index in [1.54, 1.807) is 6.92 Å². The smallest absolute Gasteiger partial charge is 0.229 e. The zero-order chi connectivity index (χ0) is 15.2. The Morgan fingerprint density at radius 1 is 1.32 bits per heavy atom. The van der Waals surface area contributed by atoms with E-state index in [1.807, 2.05) is 0 Å². The Balaban J connectivity index is 2.84. The molecule has 0 aromatic carbocycles. The van der Waals surface area contributed by atoms with Crippen molar-refractivity contribution in [3.8, 4) is 0 Å². The van der Waals surface area contributed by atoms with Crippen molar-refractivity contribution in [1.29, 1.82) is 0 Å². The van der Waals surface area contributed by atoms with E-state index in [1.165, 1.54) is 0 Å². The van der Waals surface area contributed by atoms with Gasteiger partial charge < -0.3 is 9.74 Å². The number of amides is 1. The summed E-state index contributed by atoms with van der Waals surface area (Å²) in [5.41, 5.74) is 0. The summed E-state index contributed by atoms with van der Waals surface area (Å²) in [7, 11) is -5.29. The number of β-lactam (4-membered cyclic amide) rings is 1. The lowest BCUT2D eigenvalue weighted by atomic mass is 9.96. The van der Waals surface area contributed by atoms with Gasteiger partial charge in [-0.05, 0) is 25.1 Å². The van der Waals surface area contributed by atoms with E-state index in [0.29, 0.717) is 0 Å². The van der Waals surface area contributed by atoms with Crippen LogP contribution in [0.25, 0.3) is 0 Å². The second-order valence-corrected chi connectivity index (χ2v) is 13.8. The molecule has 1 aliphatic heterocycles.